The molecular weight excluding hydrogens is 295 g/mol. The number of pyridine rings is 1. The fourth-order valence-electron chi connectivity index (χ4n) is 2.22. The molecule has 3 aromatic rings. The standard InChI is InChI=1S/C17H15FN4O/c1-22-16(17(23)20-11-12-3-2-8-19-10-12)9-15(21-22)13-4-6-14(18)7-5-13/h2-10H,11H2,1H3,(H,20,23). The van der Waals surface area contributed by atoms with Gasteiger partial charge in [0, 0.05) is 31.5 Å². The molecule has 0 unspecified atom stereocenters. The number of amides is 1. The predicted molar refractivity (Wildman–Crippen MR) is 84.0 cm³/mol. The minimum Gasteiger partial charge on any atom is -0.347 e. The Balaban J connectivity index is 1.75. The third kappa shape index (κ3) is 3.42. The maximum absolute atomic E-state index is 13.0. The fourth-order valence-corrected chi connectivity index (χ4v) is 2.22. The molecule has 0 aliphatic carbocycles. The van der Waals surface area contributed by atoms with E-state index in [9.17, 15) is 9.18 Å². The van der Waals surface area contributed by atoms with Crippen molar-refractivity contribution in [2.45, 2.75) is 6.54 Å². The molecule has 0 fully saturated rings. The number of carbonyl (C=O) groups excluding carboxylic acids is 1. The smallest absolute Gasteiger partial charge is 0.269 e. The Morgan fingerprint density at radius 1 is 1.26 bits per heavy atom. The van der Waals surface area contributed by atoms with E-state index in [1.54, 1.807) is 37.6 Å². The van der Waals surface area contributed by atoms with E-state index >= 15 is 0 Å². The first-order chi connectivity index (χ1) is 11.1. The van der Waals surface area contributed by atoms with Gasteiger partial charge in [-0.3, -0.25) is 14.5 Å². The molecule has 1 N–H and O–H groups in total. The van der Waals surface area contributed by atoms with Crippen molar-refractivity contribution in [3.05, 3.63) is 71.9 Å². The van der Waals surface area contributed by atoms with Crippen LogP contribution in [0.4, 0.5) is 4.39 Å². The average molecular weight is 310 g/mol. The van der Waals surface area contributed by atoms with Crippen molar-refractivity contribution in [3.8, 4) is 11.3 Å². The summed E-state index contributed by atoms with van der Waals surface area (Å²) in [6.07, 6.45) is 3.38. The highest BCUT2D eigenvalue weighted by Crippen LogP contribution is 2.19. The van der Waals surface area contributed by atoms with Gasteiger partial charge in [-0.1, -0.05) is 6.07 Å². The number of hydrogen-bond donors (Lipinski definition) is 1. The van der Waals surface area contributed by atoms with E-state index < -0.39 is 0 Å². The third-order valence-corrected chi connectivity index (χ3v) is 3.43. The molecule has 6 heteroatoms. The summed E-state index contributed by atoms with van der Waals surface area (Å²) >= 11 is 0. The van der Waals surface area contributed by atoms with Gasteiger partial charge in [-0.05, 0) is 42.0 Å². The Kier molecular flexibility index (Phi) is 4.14. The molecule has 0 aliphatic rings. The highest BCUT2D eigenvalue weighted by Gasteiger charge is 2.14. The van der Waals surface area contributed by atoms with Crippen LogP contribution in [0.15, 0.2) is 54.9 Å². The third-order valence-electron chi connectivity index (χ3n) is 3.43. The Bertz CT molecular complexity index is 812. The van der Waals surface area contributed by atoms with E-state index in [4.69, 9.17) is 0 Å². The van der Waals surface area contributed by atoms with E-state index in [0.29, 0.717) is 17.9 Å². The van der Waals surface area contributed by atoms with Crippen molar-refractivity contribution in [2.24, 2.45) is 7.05 Å². The second-order valence-electron chi connectivity index (χ2n) is 5.09. The number of rotatable bonds is 4. The topological polar surface area (TPSA) is 59.8 Å². The van der Waals surface area contributed by atoms with Crippen LogP contribution in [0.5, 0.6) is 0 Å². The molecule has 1 amide bonds. The number of aryl methyl sites for hydroxylation is 1. The summed E-state index contributed by atoms with van der Waals surface area (Å²) in [6, 6.07) is 11.4. The molecule has 23 heavy (non-hydrogen) atoms. The largest absolute Gasteiger partial charge is 0.347 e. The minimum absolute atomic E-state index is 0.225. The van der Waals surface area contributed by atoms with Crippen LogP contribution in [-0.4, -0.2) is 20.7 Å². The molecule has 0 aliphatic heterocycles. The lowest BCUT2D eigenvalue weighted by Crippen LogP contribution is -2.25. The maximum atomic E-state index is 13.0. The summed E-state index contributed by atoms with van der Waals surface area (Å²) in [5.74, 6) is -0.531. The number of nitrogens with one attached hydrogen (secondary N) is 1. The number of benzene rings is 1. The lowest BCUT2D eigenvalue weighted by atomic mass is 10.1. The van der Waals surface area contributed by atoms with Crippen LogP contribution in [0, 0.1) is 5.82 Å². The second kappa shape index (κ2) is 6.39. The highest BCUT2D eigenvalue weighted by atomic mass is 19.1. The molecule has 3 rings (SSSR count). The molecule has 1 aromatic carbocycles. The van der Waals surface area contributed by atoms with Gasteiger partial charge in [0.1, 0.15) is 11.5 Å². The number of carbonyl (C=O) groups is 1. The van der Waals surface area contributed by atoms with Crippen LogP contribution in [0.3, 0.4) is 0 Å². The Hall–Kier alpha value is -3.02. The van der Waals surface area contributed by atoms with E-state index in [0.717, 1.165) is 11.1 Å². The lowest BCUT2D eigenvalue weighted by molar-refractivity contribution is 0.0941. The zero-order valence-corrected chi connectivity index (χ0v) is 12.5. The zero-order valence-electron chi connectivity index (χ0n) is 12.5. The van der Waals surface area contributed by atoms with Crippen molar-refractivity contribution in [1.29, 1.82) is 0 Å². The molecule has 0 spiro atoms. The molecule has 5 nitrogen and oxygen atoms in total. The number of aromatic nitrogens is 3. The summed E-state index contributed by atoms with van der Waals surface area (Å²) in [4.78, 5) is 16.3. The maximum Gasteiger partial charge on any atom is 0.269 e. The van der Waals surface area contributed by atoms with E-state index in [1.807, 2.05) is 12.1 Å². The van der Waals surface area contributed by atoms with Gasteiger partial charge in [-0.2, -0.15) is 5.10 Å². The Morgan fingerprint density at radius 2 is 2.04 bits per heavy atom. The van der Waals surface area contributed by atoms with Crippen LogP contribution in [0.1, 0.15) is 16.1 Å². The van der Waals surface area contributed by atoms with E-state index in [-0.39, 0.29) is 11.7 Å². The summed E-state index contributed by atoms with van der Waals surface area (Å²) < 4.78 is 14.5. The van der Waals surface area contributed by atoms with Gasteiger partial charge in [0.15, 0.2) is 0 Å². The molecule has 116 valence electrons. The first-order valence-electron chi connectivity index (χ1n) is 7.10. The highest BCUT2D eigenvalue weighted by molar-refractivity contribution is 5.93. The minimum atomic E-state index is -0.306. The van der Waals surface area contributed by atoms with Gasteiger partial charge in [0.25, 0.3) is 5.91 Å². The van der Waals surface area contributed by atoms with Crippen molar-refractivity contribution >= 4 is 5.91 Å². The zero-order chi connectivity index (χ0) is 16.2. The molecule has 0 saturated carbocycles. The average Bonchev–Trinajstić information content (AvgIpc) is 2.96. The van der Waals surface area contributed by atoms with Crippen LogP contribution in [-0.2, 0) is 13.6 Å². The monoisotopic (exact) mass is 310 g/mol. The lowest BCUT2D eigenvalue weighted by Gasteiger charge is -2.04. The summed E-state index contributed by atoms with van der Waals surface area (Å²) in [7, 11) is 1.70. The first-order valence-corrected chi connectivity index (χ1v) is 7.10. The number of hydrogen-bond acceptors (Lipinski definition) is 3. The molecule has 2 heterocycles. The van der Waals surface area contributed by atoms with Crippen molar-refractivity contribution in [3.63, 3.8) is 0 Å². The second-order valence-corrected chi connectivity index (χ2v) is 5.09. The fraction of sp³-hybridized carbons (Fsp3) is 0.118. The molecule has 2 aromatic heterocycles. The van der Waals surface area contributed by atoms with Crippen LogP contribution >= 0.6 is 0 Å². The molecule has 0 saturated heterocycles. The summed E-state index contributed by atoms with van der Waals surface area (Å²) in [5.41, 5.74) is 2.74. The van der Waals surface area contributed by atoms with Gasteiger partial charge in [-0.25, -0.2) is 4.39 Å². The predicted octanol–water partition coefficient (Wildman–Crippen LogP) is 2.55. The Labute approximate surface area is 132 Å². The normalized spacial score (nSPS) is 10.5. The summed E-state index contributed by atoms with van der Waals surface area (Å²) in [5, 5.41) is 7.14. The van der Waals surface area contributed by atoms with Gasteiger partial charge in [0.05, 0.1) is 5.69 Å². The summed E-state index contributed by atoms with van der Waals surface area (Å²) in [6.45, 7) is 0.393. The van der Waals surface area contributed by atoms with Crippen LogP contribution in [0.25, 0.3) is 11.3 Å². The van der Waals surface area contributed by atoms with Gasteiger partial charge in [-0.15, -0.1) is 0 Å². The van der Waals surface area contributed by atoms with Crippen molar-refractivity contribution in [1.82, 2.24) is 20.1 Å². The number of nitrogens with zero attached hydrogens (tertiary/aromatic N) is 3. The number of halogens is 1. The van der Waals surface area contributed by atoms with Gasteiger partial charge >= 0.3 is 0 Å². The quantitative estimate of drug-likeness (QED) is 0.805. The van der Waals surface area contributed by atoms with Crippen molar-refractivity contribution < 1.29 is 9.18 Å². The molecule has 0 bridgehead atoms. The Morgan fingerprint density at radius 3 is 2.74 bits per heavy atom. The van der Waals surface area contributed by atoms with Crippen LogP contribution in [0.2, 0.25) is 0 Å². The van der Waals surface area contributed by atoms with E-state index in [2.05, 4.69) is 15.4 Å². The first kappa shape index (κ1) is 14.9. The van der Waals surface area contributed by atoms with Gasteiger partial charge in [0.2, 0.25) is 0 Å². The SMILES string of the molecule is Cn1nc(-c2ccc(F)cc2)cc1C(=O)NCc1cccnc1. The molecule has 0 radical (unpaired) electrons. The van der Waals surface area contributed by atoms with Crippen LogP contribution < -0.4 is 5.32 Å². The van der Waals surface area contributed by atoms with Crippen molar-refractivity contribution in [2.75, 3.05) is 0 Å². The van der Waals surface area contributed by atoms with Gasteiger partial charge < -0.3 is 5.32 Å². The molecule has 0 atom stereocenters. The van der Waals surface area contributed by atoms with E-state index in [1.165, 1.54) is 16.8 Å². The molecular formula is C17H15FN4O.